The van der Waals surface area contributed by atoms with Gasteiger partial charge in [-0.3, -0.25) is 0 Å². The van der Waals surface area contributed by atoms with Gasteiger partial charge in [-0.05, 0) is 59.2 Å². The highest BCUT2D eigenvalue weighted by Gasteiger charge is 2.59. The third-order valence-corrected chi connectivity index (χ3v) is 9.63. The van der Waals surface area contributed by atoms with Crippen LogP contribution in [0.5, 0.6) is 0 Å². The molecule has 6 aliphatic carbocycles. The van der Waals surface area contributed by atoms with E-state index in [1.54, 1.807) is 33.0 Å². The van der Waals surface area contributed by atoms with Crippen molar-refractivity contribution in [1.29, 1.82) is 0 Å². The van der Waals surface area contributed by atoms with Crippen LogP contribution in [-0.2, 0) is 0 Å². The number of rotatable bonds is 2. The molecule has 6 aliphatic rings. The van der Waals surface area contributed by atoms with Crippen LogP contribution in [-0.4, -0.2) is 7.28 Å². The second kappa shape index (κ2) is 4.32. The standard InChI is InChI=1S/C20H35B/c1-11-15-7-13(19(15,3)4)9-17(11)21-18-10-14-8-16(12(18)2)20(14,5)6/h11-18,21H,7-10H2,1-6H3/t11-,12-,13+,14+,15-,16-,17-,18-/m1/s1. The van der Waals surface area contributed by atoms with Gasteiger partial charge in [0.25, 0.3) is 0 Å². The van der Waals surface area contributed by atoms with E-state index < -0.39 is 0 Å². The summed E-state index contributed by atoms with van der Waals surface area (Å²) in [4.78, 5) is 0. The van der Waals surface area contributed by atoms with Gasteiger partial charge in [-0.15, -0.1) is 0 Å². The molecule has 0 aromatic heterocycles. The van der Waals surface area contributed by atoms with Crippen LogP contribution in [0.1, 0.15) is 67.2 Å². The maximum atomic E-state index is 2.59. The molecule has 0 saturated heterocycles. The quantitative estimate of drug-likeness (QED) is 0.596. The van der Waals surface area contributed by atoms with Crippen LogP contribution in [0.15, 0.2) is 0 Å². The van der Waals surface area contributed by atoms with Crippen molar-refractivity contribution in [3.05, 3.63) is 0 Å². The summed E-state index contributed by atoms with van der Waals surface area (Å²) in [6.45, 7) is 15.3. The fourth-order valence-electron chi connectivity index (χ4n) is 7.52. The average molecular weight is 286 g/mol. The topological polar surface area (TPSA) is 0 Å². The maximum Gasteiger partial charge on any atom is 0.128 e. The average Bonchev–Trinajstić information content (AvgIpc) is 2.41. The largest absolute Gasteiger partial charge is 0.128 e. The van der Waals surface area contributed by atoms with Gasteiger partial charge >= 0.3 is 0 Å². The molecule has 21 heavy (non-hydrogen) atoms. The molecule has 6 rings (SSSR count). The van der Waals surface area contributed by atoms with Crippen molar-refractivity contribution in [1.82, 2.24) is 0 Å². The fourth-order valence-corrected chi connectivity index (χ4v) is 7.52. The van der Waals surface area contributed by atoms with Gasteiger partial charge in [0.2, 0.25) is 0 Å². The SMILES string of the molecule is C[C@H]1[C@H](B[C@@H]2C[C@@H]3C[C@H]([C@H]2C)C3(C)C)C[C@@H]2C[C@H]1C2(C)C. The molecule has 0 aliphatic heterocycles. The molecule has 0 heterocycles. The summed E-state index contributed by atoms with van der Waals surface area (Å²) in [6.07, 6.45) is 6.19. The van der Waals surface area contributed by atoms with Crippen molar-refractivity contribution in [3.63, 3.8) is 0 Å². The molecule has 1 heteroatoms. The van der Waals surface area contributed by atoms with Gasteiger partial charge < -0.3 is 0 Å². The van der Waals surface area contributed by atoms with Crippen LogP contribution in [0.3, 0.4) is 0 Å². The number of hydrogen-bond donors (Lipinski definition) is 0. The molecule has 6 fully saturated rings. The molecular weight excluding hydrogens is 251 g/mol. The Bertz CT molecular complexity index is 397. The Kier molecular flexibility index (Phi) is 3.02. The Morgan fingerprint density at radius 1 is 0.667 bits per heavy atom. The van der Waals surface area contributed by atoms with E-state index in [1.165, 1.54) is 0 Å². The predicted octanol–water partition coefficient (Wildman–Crippen LogP) is 5.40. The van der Waals surface area contributed by atoms with E-state index in [4.69, 9.17) is 0 Å². The van der Waals surface area contributed by atoms with E-state index >= 15 is 0 Å². The maximum absolute atomic E-state index is 2.59. The lowest BCUT2D eigenvalue weighted by molar-refractivity contribution is -0.106. The van der Waals surface area contributed by atoms with Crippen LogP contribution in [0.4, 0.5) is 0 Å². The van der Waals surface area contributed by atoms with E-state index in [0.717, 1.165) is 47.1 Å². The van der Waals surface area contributed by atoms with Crippen molar-refractivity contribution in [3.8, 4) is 0 Å². The Morgan fingerprint density at radius 2 is 1.05 bits per heavy atom. The lowest BCUT2D eigenvalue weighted by Gasteiger charge is -2.65. The van der Waals surface area contributed by atoms with Crippen molar-refractivity contribution in [2.75, 3.05) is 0 Å². The van der Waals surface area contributed by atoms with Gasteiger partial charge in [0.05, 0.1) is 0 Å². The molecule has 0 radical (unpaired) electrons. The zero-order chi connectivity index (χ0) is 15.2. The highest BCUT2D eigenvalue weighted by atomic mass is 14.6. The first-order chi connectivity index (χ1) is 9.73. The van der Waals surface area contributed by atoms with Crippen molar-refractivity contribution in [2.45, 2.75) is 78.9 Å². The highest BCUT2D eigenvalue weighted by Crippen LogP contribution is 2.68. The molecule has 4 bridgehead atoms. The minimum atomic E-state index is 0.665. The van der Waals surface area contributed by atoms with E-state index in [1.807, 2.05) is 0 Å². The molecule has 0 spiro atoms. The zero-order valence-electron chi connectivity index (χ0n) is 15.2. The first-order valence-electron chi connectivity index (χ1n) is 9.73. The van der Waals surface area contributed by atoms with Gasteiger partial charge in [-0.25, -0.2) is 0 Å². The van der Waals surface area contributed by atoms with Crippen LogP contribution in [0, 0.1) is 46.3 Å². The second-order valence-electron chi connectivity index (χ2n) is 10.7. The smallest absolute Gasteiger partial charge is 0.0626 e. The molecule has 0 unspecified atom stereocenters. The molecule has 6 saturated carbocycles. The Hall–Kier alpha value is 0.0649. The molecule has 0 aromatic carbocycles. The Morgan fingerprint density at radius 3 is 1.33 bits per heavy atom. The highest BCUT2D eigenvalue weighted by molar-refractivity contribution is 6.40. The predicted molar refractivity (Wildman–Crippen MR) is 93.0 cm³/mol. The summed E-state index contributed by atoms with van der Waals surface area (Å²) in [5.74, 6) is 8.25. The summed E-state index contributed by atoms with van der Waals surface area (Å²) in [5, 5.41) is 0. The minimum Gasteiger partial charge on any atom is -0.0626 e. The molecule has 0 amide bonds. The van der Waals surface area contributed by atoms with Crippen molar-refractivity contribution < 1.29 is 0 Å². The molecule has 8 atom stereocenters. The number of hydrogen-bond acceptors (Lipinski definition) is 0. The summed E-state index contributed by atoms with van der Waals surface area (Å²) in [7, 11) is 1.56. The molecule has 0 nitrogen and oxygen atoms in total. The second-order valence-corrected chi connectivity index (χ2v) is 10.7. The van der Waals surface area contributed by atoms with E-state index in [-0.39, 0.29) is 0 Å². The Balaban J connectivity index is 1.42. The lowest BCUT2D eigenvalue weighted by atomic mass is 9.31. The monoisotopic (exact) mass is 286 g/mol. The lowest BCUT2D eigenvalue weighted by Crippen LogP contribution is -2.57. The first kappa shape index (κ1) is 14.6. The fraction of sp³-hybridized carbons (Fsp3) is 1.00. The third-order valence-electron chi connectivity index (χ3n) is 9.63. The molecular formula is C20H35B. The first-order valence-corrected chi connectivity index (χ1v) is 9.73. The summed E-state index contributed by atoms with van der Waals surface area (Å²) < 4.78 is 0. The van der Waals surface area contributed by atoms with Gasteiger partial charge in [0.15, 0.2) is 0 Å². The zero-order valence-corrected chi connectivity index (χ0v) is 15.2. The Labute approximate surface area is 133 Å². The van der Waals surface area contributed by atoms with Crippen molar-refractivity contribution in [2.24, 2.45) is 46.3 Å². The normalized spacial score (nSPS) is 56.1. The van der Waals surface area contributed by atoms with Gasteiger partial charge in [-0.2, -0.15) is 0 Å². The van der Waals surface area contributed by atoms with Crippen LogP contribution in [0.2, 0.25) is 11.6 Å². The minimum absolute atomic E-state index is 0.665. The van der Waals surface area contributed by atoms with E-state index in [2.05, 4.69) is 41.5 Å². The molecule has 0 N–H and O–H groups in total. The van der Waals surface area contributed by atoms with Crippen molar-refractivity contribution >= 4 is 7.28 Å². The summed E-state index contributed by atoms with van der Waals surface area (Å²) >= 11 is 0. The van der Waals surface area contributed by atoms with Gasteiger partial charge in [0.1, 0.15) is 7.28 Å². The van der Waals surface area contributed by atoms with Gasteiger partial charge in [0, 0.05) is 0 Å². The van der Waals surface area contributed by atoms with E-state index in [0.29, 0.717) is 10.8 Å². The van der Waals surface area contributed by atoms with Crippen LogP contribution in [0.25, 0.3) is 0 Å². The van der Waals surface area contributed by atoms with Crippen LogP contribution >= 0.6 is 0 Å². The number of fused-ring (bicyclic) bond motifs is 4. The summed E-state index contributed by atoms with van der Waals surface area (Å²) in [6, 6.07) is 0. The molecule has 118 valence electrons. The van der Waals surface area contributed by atoms with Gasteiger partial charge in [-0.1, -0.05) is 66.0 Å². The third kappa shape index (κ3) is 1.81. The molecule has 0 aromatic rings. The van der Waals surface area contributed by atoms with Crippen LogP contribution < -0.4 is 0 Å². The van der Waals surface area contributed by atoms with E-state index in [9.17, 15) is 0 Å². The summed E-state index contributed by atoms with van der Waals surface area (Å²) in [5.41, 5.74) is 1.33.